The summed E-state index contributed by atoms with van der Waals surface area (Å²) in [6.45, 7) is 9.97. The van der Waals surface area contributed by atoms with Crippen molar-refractivity contribution in [3.63, 3.8) is 0 Å². The number of carbonyl (C=O) groups is 2. The summed E-state index contributed by atoms with van der Waals surface area (Å²) in [4.78, 5) is 20.0. The Morgan fingerprint density at radius 2 is 0.931 bits per heavy atom. The summed E-state index contributed by atoms with van der Waals surface area (Å²) in [7, 11) is 0. The number of aryl methyl sites for hydroxylation is 2. The molecule has 0 aliphatic heterocycles. The Morgan fingerprint density at radius 1 is 0.690 bits per heavy atom. The molecule has 1 aromatic carbocycles. The van der Waals surface area contributed by atoms with Gasteiger partial charge in [0.25, 0.3) is 0 Å². The first kappa shape index (κ1) is 30.2. The van der Waals surface area contributed by atoms with E-state index in [1.807, 2.05) is 0 Å². The largest absolute Gasteiger partial charge is 2.00 e. The van der Waals surface area contributed by atoms with Crippen LogP contribution in [0, 0.1) is 18.3 Å². The van der Waals surface area contributed by atoms with Crippen LogP contribution in [-0.4, -0.2) is 22.2 Å². The van der Waals surface area contributed by atoms with Gasteiger partial charge in [-0.3, -0.25) is 9.59 Å². The van der Waals surface area contributed by atoms with Crippen LogP contribution in [-0.2, 0) is 57.0 Å². The average Bonchev–Trinajstić information content (AvgIpc) is 2.93. The third-order valence-corrected chi connectivity index (χ3v) is 5.02. The molecule has 164 valence electrons. The Hall–Kier alpha value is -0.996. The van der Waals surface area contributed by atoms with E-state index >= 15 is 0 Å². The van der Waals surface area contributed by atoms with Crippen LogP contribution in [0.15, 0.2) is 6.07 Å². The Bertz CT molecular complexity index is 591. The van der Waals surface area contributed by atoms with Crippen molar-refractivity contribution in [2.75, 3.05) is 0 Å². The van der Waals surface area contributed by atoms with Gasteiger partial charge in [-0.25, -0.2) is 0 Å². The van der Waals surface area contributed by atoms with Crippen molar-refractivity contribution in [1.29, 1.82) is 0 Å². The Morgan fingerprint density at radius 3 is 1.17 bits per heavy atom. The summed E-state index contributed by atoms with van der Waals surface area (Å²) < 4.78 is 0. The second kappa shape index (κ2) is 12.6. The average molecular weight is 440 g/mol. The van der Waals surface area contributed by atoms with Gasteiger partial charge in [0.05, 0.1) is 10.8 Å². The van der Waals surface area contributed by atoms with E-state index in [1.165, 1.54) is 51.4 Å². The molecule has 5 heteroatoms. The van der Waals surface area contributed by atoms with Crippen molar-refractivity contribution in [3.05, 3.63) is 35.7 Å². The van der Waals surface area contributed by atoms with E-state index in [1.54, 1.807) is 63.8 Å². The normalized spacial score (nSPS) is 14.8. The molecule has 0 saturated heterocycles. The van der Waals surface area contributed by atoms with E-state index in [2.05, 4.69) is 6.07 Å². The zero-order chi connectivity index (χ0) is 20.8. The van der Waals surface area contributed by atoms with Crippen LogP contribution in [0.25, 0.3) is 0 Å². The van der Waals surface area contributed by atoms with Gasteiger partial charge >= 0.3 is 33.7 Å². The van der Waals surface area contributed by atoms with Gasteiger partial charge in [0.1, 0.15) is 0 Å². The Balaban J connectivity index is 0. The molecule has 0 unspecified atom stereocenters. The monoisotopic (exact) mass is 440 g/mol. The van der Waals surface area contributed by atoms with Crippen LogP contribution < -0.4 is 0 Å². The maximum Gasteiger partial charge on any atom is 2.00 e. The van der Waals surface area contributed by atoms with E-state index in [9.17, 15) is 9.59 Å². The van der Waals surface area contributed by atoms with Gasteiger partial charge in [0, 0.05) is 0 Å². The number of rotatable bonds is 0. The molecule has 0 amide bonds. The van der Waals surface area contributed by atoms with Crippen molar-refractivity contribution in [1.82, 2.24) is 0 Å². The molecule has 4 nitrogen and oxygen atoms in total. The number of hydrogen-bond acceptors (Lipinski definition) is 2. The molecule has 2 N–H and O–H groups in total. The molecule has 0 spiro atoms. The van der Waals surface area contributed by atoms with E-state index in [4.69, 9.17) is 10.2 Å². The van der Waals surface area contributed by atoms with Crippen molar-refractivity contribution in [2.24, 2.45) is 10.8 Å². The summed E-state index contributed by atoms with van der Waals surface area (Å²) in [5.41, 5.74) is 5.78. The number of aliphatic carboxylic acids is 2. The minimum atomic E-state index is -0.757. The SMILES string of the molecule is CC(C)(C)C(=O)O.CC(C)(C)C(=O)O.[CH3-].[Ti+2].[cH-]1c2c(c3c1CCCC3)CCCC2. The van der Waals surface area contributed by atoms with Crippen LogP contribution in [0.1, 0.15) is 89.5 Å². The van der Waals surface area contributed by atoms with E-state index < -0.39 is 22.8 Å². The van der Waals surface area contributed by atoms with Crippen molar-refractivity contribution >= 4 is 11.9 Å². The second-order valence-corrected chi connectivity index (χ2v) is 9.68. The molecule has 29 heavy (non-hydrogen) atoms. The van der Waals surface area contributed by atoms with Gasteiger partial charge in [0.15, 0.2) is 0 Å². The third kappa shape index (κ3) is 10.0. The van der Waals surface area contributed by atoms with Gasteiger partial charge in [-0.15, -0.1) is 0 Å². The first-order valence-electron chi connectivity index (χ1n) is 10.1. The van der Waals surface area contributed by atoms with Crippen molar-refractivity contribution in [2.45, 2.75) is 92.9 Å². The number of hydrogen-bond donors (Lipinski definition) is 2. The second-order valence-electron chi connectivity index (χ2n) is 9.68. The van der Waals surface area contributed by atoms with Crippen LogP contribution in [0.4, 0.5) is 0 Å². The van der Waals surface area contributed by atoms with Crippen LogP contribution in [0.5, 0.6) is 0 Å². The molecular weight excluding hydrogens is 400 g/mol. The minimum absolute atomic E-state index is 0. The maximum atomic E-state index is 10.0. The molecule has 0 atom stereocenters. The summed E-state index contributed by atoms with van der Waals surface area (Å²) >= 11 is 0. The Labute approximate surface area is 192 Å². The fraction of sp³-hybridized carbons (Fsp3) is 0.667. The van der Waals surface area contributed by atoms with Gasteiger partial charge in [0.2, 0.25) is 0 Å². The molecule has 1 aromatic rings. The van der Waals surface area contributed by atoms with E-state index in [0.29, 0.717) is 0 Å². The third-order valence-electron chi connectivity index (χ3n) is 5.02. The summed E-state index contributed by atoms with van der Waals surface area (Å²) in [5, 5.41) is 16.5. The van der Waals surface area contributed by atoms with Gasteiger partial charge in [-0.05, 0) is 41.5 Å². The molecule has 2 aliphatic rings. The standard InChI is InChI=1S/C13H17.2C5H10O2.CH3.Ti/c1-3-7-12-10(5-1)9-11-6-2-4-8-13(11)12;2*1-5(2,3)4(6)7;;/h9H,1-8H2;2*1-3H3,(H,6,7);1H3;/q-1;;;-1;+2. The zero-order valence-corrected chi connectivity index (χ0v) is 21.0. The minimum Gasteiger partial charge on any atom is -0.481 e. The molecular formula is C24H40O4Ti. The number of carboxylic acids is 2. The smallest absolute Gasteiger partial charge is 0.481 e. The van der Waals surface area contributed by atoms with Crippen molar-refractivity contribution < 1.29 is 41.5 Å². The molecule has 0 fully saturated rings. The van der Waals surface area contributed by atoms with Crippen LogP contribution >= 0.6 is 0 Å². The summed E-state index contributed by atoms with van der Waals surface area (Å²) in [6.07, 6.45) is 11.2. The zero-order valence-electron chi connectivity index (χ0n) is 19.4. The fourth-order valence-electron chi connectivity index (χ4n) is 3.08. The van der Waals surface area contributed by atoms with Gasteiger partial charge in [-0.1, -0.05) is 51.4 Å². The van der Waals surface area contributed by atoms with Gasteiger partial charge in [-0.2, -0.15) is 28.3 Å². The predicted molar refractivity (Wildman–Crippen MR) is 116 cm³/mol. The summed E-state index contributed by atoms with van der Waals surface area (Å²) in [5.74, 6) is -1.51. The predicted octanol–water partition coefficient (Wildman–Crippen LogP) is 5.85. The number of carboxylic acid groups (broad SMARTS) is 2. The van der Waals surface area contributed by atoms with Crippen LogP contribution in [0.2, 0.25) is 0 Å². The van der Waals surface area contributed by atoms with E-state index in [0.717, 1.165) is 0 Å². The number of fused-ring (bicyclic) bond motifs is 3. The van der Waals surface area contributed by atoms with Crippen LogP contribution in [0.3, 0.4) is 0 Å². The Kier molecular flexibility index (Phi) is 13.2. The van der Waals surface area contributed by atoms with E-state index in [-0.39, 0.29) is 29.1 Å². The maximum absolute atomic E-state index is 10.0. The molecule has 0 saturated carbocycles. The quantitative estimate of drug-likeness (QED) is 0.392. The van der Waals surface area contributed by atoms with Crippen molar-refractivity contribution in [3.8, 4) is 0 Å². The molecule has 2 aliphatic carbocycles. The van der Waals surface area contributed by atoms with Gasteiger partial charge < -0.3 is 17.6 Å². The molecule has 0 radical (unpaired) electrons. The fourth-order valence-corrected chi connectivity index (χ4v) is 3.08. The summed E-state index contributed by atoms with van der Waals surface area (Å²) in [6, 6.07) is 2.52. The molecule has 0 aromatic heterocycles. The first-order valence-corrected chi connectivity index (χ1v) is 10.1. The molecule has 0 bridgehead atoms. The molecule has 3 rings (SSSR count). The topological polar surface area (TPSA) is 74.6 Å². The first-order chi connectivity index (χ1) is 12.3. The molecule has 0 heterocycles.